The standard InChI is InChI=1S/C27H21F3N4O2/c28-19-10-8-17(9-11-19)16-36-26-21(25(35)31-14-20-22(29)5-3-6-23(20)30)15-32-27(33-26)34-13-12-18-4-1-2-7-24(18)34/h1-11,15H,12-14,16H2,(H,31,35). The van der Waals surface area contributed by atoms with Crippen molar-refractivity contribution in [3.63, 3.8) is 0 Å². The fourth-order valence-electron chi connectivity index (χ4n) is 4.00. The van der Waals surface area contributed by atoms with Crippen LogP contribution >= 0.6 is 0 Å². The van der Waals surface area contributed by atoms with Gasteiger partial charge in [-0.3, -0.25) is 4.79 Å². The van der Waals surface area contributed by atoms with E-state index in [-0.39, 0.29) is 36.0 Å². The van der Waals surface area contributed by atoms with Gasteiger partial charge in [0.25, 0.3) is 5.91 Å². The van der Waals surface area contributed by atoms with Crippen LogP contribution in [0.4, 0.5) is 24.8 Å². The number of hydrogen-bond donors (Lipinski definition) is 1. The summed E-state index contributed by atoms with van der Waals surface area (Å²) >= 11 is 0. The van der Waals surface area contributed by atoms with Gasteiger partial charge in [0.05, 0.1) is 0 Å². The Kier molecular flexibility index (Phi) is 6.53. The third-order valence-corrected chi connectivity index (χ3v) is 5.89. The van der Waals surface area contributed by atoms with Crippen molar-refractivity contribution in [2.24, 2.45) is 0 Å². The van der Waals surface area contributed by atoms with Crippen molar-refractivity contribution < 1.29 is 22.7 Å². The zero-order chi connectivity index (χ0) is 25.1. The van der Waals surface area contributed by atoms with Crippen molar-refractivity contribution in [1.82, 2.24) is 15.3 Å². The fraction of sp³-hybridized carbons (Fsp3) is 0.148. The minimum Gasteiger partial charge on any atom is -0.472 e. The van der Waals surface area contributed by atoms with E-state index < -0.39 is 17.5 Å². The van der Waals surface area contributed by atoms with E-state index in [9.17, 15) is 18.0 Å². The lowest BCUT2D eigenvalue weighted by atomic mass is 10.2. The summed E-state index contributed by atoms with van der Waals surface area (Å²) in [6, 6.07) is 17.1. The maximum absolute atomic E-state index is 14.0. The van der Waals surface area contributed by atoms with Gasteiger partial charge in [-0.25, -0.2) is 18.2 Å². The molecule has 36 heavy (non-hydrogen) atoms. The molecule has 1 N–H and O–H groups in total. The largest absolute Gasteiger partial charge is 0.472 e. The molecule has 5 rings (SSSR count). The molecule has 0 radical (unpaired) electrons. The highest BCUT2D eigenvalue weighted by Gasteiger charge is 2.25. The van der Waals surface area contributed by atoms with Crippen molar-refractivity contribution in [3.05, 3.63) is 113 Å². The van der Waals surface area contributed by atoms with Crippen molar-refractivity contribution in [2.75, 3.05) is 11.4 Å². The molecule has 1 aliphatic heterocycles. The van der Waals surface area contributed by atoms with Crippen molar-refractivity contribution in [3.8, 4) is 5.88 Å². The van der Waals surface area contributed by atoms with E-state index in [1.807, 2.05) is 29.2 Å². The summed E-state index contributed by atoms with van der Waals surface area (Å²) in [7, 11) is 0. The van der Waals surface area contributed by atoms with E-state index in [2.05, 4.69) is 15.3 Å². The van der Waals surface area contributed by atoms with Crippen LogP contribution in [0.25, 0.3) is 0 Å². The van der Waals surface area contributed by atoms with Crippen LogP contribution in [0.15, 0.2) is 72.9 Å². The quantitative estimate of drug-likeness (QED) is 0.391. The molecular weight excluding hydrogens is 469 g/mol. The Morgan fingerprint density at radius 3 is 2.50 bits per heavy atom. The molecule has 0 unspecified atom stereocenters. The van der Waals surface area contributed by atoms with Crippen LogP contribution in [0.3, 0.4) is 0 Å². The lowest BCUT2D eigenvalue weighted by Gasteiger charge is -2.19. The van der Waals surface area contributed by atoms with Gasteiger partial charge in [-0.1, -0.05) is 36.4 Å². The predicted octanol–water partition coefficient (Wildman–Crippen LogP) is 5.10. The van der Waals surface area contributed by atoms with Crippen LogP contribution in [0.1, 0.15) is 27.0 Å². The van der Waals surface area contributed by atoms with Crippen LogP contribution in [0.2, 0.25) is 0 Å². The number of carbonyl (C=O) groups is 1. The lowest BCUT2D eigenvalue weighted by Crippen LogP contribution is -2.26. The average molecular weight is 490 g/mol. The van der Waals surface area contributed by atoms with E-state index in [4.69, 9.17) is 4.74 Å². The average Bonchev–Trinajstić information content (AvgIpc) is 3.32. The molecule has 1 aromatic heterocycles. The molecule has 0 saturated heterocycles. The van der Waals surface area contributed by atoms with E-state index >= 15 is 0 Å². The maximum atomic E-state index is 14.0. The Labute approximate surface area is 205 Å². The van der Waals surface area contributed by atoms with Crippen LogP contribution in [-0.2, 0) is 19.6 Å². The molecule has 4 aromatic rings. The number of carbonyl (C=O) groups excluding carboxylic acids is 1. The third kappa shape index (κ3) is 4.86. The van der Waals surface area contributed by atoms with Crippen molar-refractivity contribution in [2.45, 2.75) is 19.6 Å². The van der Waals surface area contributed by atoms with Crippen LogP contribution in [-0.4, -0.2) is 22.4 Å². The number of fused-ring (bicyclic) bond motifs is 1. The molecule has 0 spiro atoms. The molecule has 9 heteroatoms. The first kappa shape index (κ1) is 23.3. The van der Waals surface area contributed by atoms with E-state index in [0.717, 1.165) is 29.8 Å². The van der Waals surface area contributed by atoms with Crippen LogP contribution in [0.5, 0.6) is 5.88 Å². The molecule has 0 aliphatic carbocycles. The zero-order valence-corrected chi connectivity index (χ0v) is 19.0. The number of hydrogen-bond acceptors (Lipinski definition) is 5. The molecule has 3 aromatic carbocycles. The molecule has 0 bridgehead atoms. The first-order chi connectivity index (χ1) is 17.5. The molecule has 1 amide bonds. The Bertz CT molecular complexity index is 1390. The van der Waals surface area contributed by atoms with Gasteiger partial charge in [0.15, 0.2) is 0 Å². The Balaban J connectivity index is 1.42. The van der Waals surface area contributed by atoms with Gasteiger partial charge in [-0.15, -0.1) is 0 Å². The van der Waals surface area contributed by atoms with Gasteiger partial charge < -0.3 is 15.0 Å². The SMILES string of the molecule is O=C(NCc1c(F)cccc1F)c1cnc(N2CCc3ccccc32)nc1OCc1ccc(F)cc1. The van der Waals surface area contributed by atoms with E-state index in [0.29, 0.717) is 18.1 Å². The van der Waals surface area contributed by atoms with Gasteiger partial charge >= 0.3 is 0 Å². The molecule has 0 fully saturated rings. The van der Waals surface area contributed by atoms with Crippen LogP contribution < -0.4 is 15.0 Å². The topological polar surface area (TPSA) is 67.4 Å². The second kappa shape index (κ2) is 10.1. The fourth-order valence-corrected chi connectivity index (χ4v) is 4.00. The third-order valence-electron chi connectivity index (χ3n) is 5.89. The minimum absolute atomic E-state index is 0.000196. The second-order valence-corrected chi connectivity index (χ2v) is 8.22. The van der Waals surface area contributed by atoms with E-state index in [1.54, 1.807) is 12.1 Å². The minimum atomic E-state index is -0.762. The van der Waals surface area contributed by atoms with Gasteiger partial charge in [-0.2, -0.15) is 4.98 Å². The molecule has 0 atom stereocenters. The first-order valence-electron chi connectivity index (χ1n) is 11.3. The Hall–Kier alpha value is -4.40. The Morgan fingerprint density at radius 1 is 0.972 bits per heavy atom. The van der Waals surface area contributed by atoms with Gasteiger partial charge in [0, 0.05) is 30.5 Å². The number of rotatable bonds is 7. The second-order valence-electron chi connectivity index (χ2n) is 8.22. The normalized spacial score (nSPS) is 12.4. The smallest absolute Gasteiger partial charge is 0.258 e. The molecule has 0 saturated carbocycles. The summed E-state index contributed by atoms with van der Waals surface area (Å²) in [6.07, 6.45) is 2.15. The van der Waals surface area contributed by atoms with Gasteiger partial charge in [0.1, 0.15) is 29.6 Å². The zero-order valence-electron chi connectivity index (χ0n) is 19.0. The van der Waals surface area contributed by atoms with Crippen molar-refractivity contribution >= 4 is 17.5 Å². The van der Waals surface area contributed by atoms with Gasteiger partial charge in [0.2, 0.25) is 11.8 Å². The summed E-state index contributed by atoms with van der Waals surface area (Å²) in [5.74, 6) is -2.20. The number of nitrogens with one attached hydrogen (secondary N) is 1. The molecule has 1 aliphatic rings. The number of para-hydroxylation sites is 1. The lowest BCUT2D eigenvalue weighted by molar-refractivity contribution is 0.0944. The summed E-state index contributed by atoms with van der Waals surface area (Å²) in [5, 5.41) is 2.51. The summed E-state index contributed by atoms with van der Waals surface area (Å²) in [4.78, 5) is 23.8. The monoisotopic (exact) mass is 490 g/mol. The number of aromatic nitrogens is 2. The number of nitrogens with zero attached hydrogens (tertiary/aromatic N) is 3. The molecule has 182 valence electrons. The molecule has 2 heterocycles. The highest BCUT2D eigenvalue weighted by atomic mass is 19.1. The number of amides is 1. The Morgan fingerprint density at radius 2 is 1.72 bits per heavy atom. The van der Waals surface area contributed by atoms with Crippen molar-refractivity contribution in [1.29, 1.82) is 0 Å². The number of ether oxygens (including phenoxy) is 1. The maximum Gasteiger partial charge on any atom is 0.258 e. The summed E-state index contributed by atoms with van der Waals surface area (Å²) in [6.45, 7) is 0.320. The van der Waals surface area contributed by atoms with E-state index in [1.165, 1.54) is 24.4 Å². The number of benzene rings is 3. The number of anilines is 2. The number of halogens is 3. The first-order valence-corrected chi connectivity index (χ1v) is 11.3. The van der Waals surface area contributed by atoms with Crippen LogP contribution in [0, 0.1) is 17.5 Å². The molecule has 6 nitrogen and oxygen atoms in total. The predicted molar refractivity (Wildman–Crippen MR) is 127 cm³/mol. The summed E-state index contributed by atoms with van der Waals surface area (Å²) < 4.78 is 47.1. The van der Waals surface area contributed by atoms with Gasteiger partial charge in [-0.05, 0) is 47.9 Å². The summed E-state index contributed by atoms with van der Waals surface area (Å²) in [5.41, 5.74) is 2.54. The highest BCUT2D eigenvalue weighted by Crippen LogP contribution is 2.33. The molecular formula is C27H21F3N4O2. The highest BCUT2D eigenvalue weighted by molar-refractivity contribution is 5.96.